The Hall–Kier alpha value is -3.38. The number of hydrogen-bond donors (Lipinski definition) is 1. The smallest absolute Gasteiger partial charge is 0.324 e. The van der Waals surface area contributed by atoms with Gasteiger partial charge in [0.1, 0.15) is 6.04 Å². The Labute approximate surface area is 159 Å². The van der Waals surface area contributed by atoms with E-state index < -0.39 is 31.9 Å². The highest BCUT2D eigenvalue weighted by Gasteiger charge is 2.27. The Balaban J connectivity index is 2.24. The molecule has 28 heavy (non-hydrogen) atoms. The van der Waals surface area contributed by atoms with Crippen LogP contribution in [0.1, 0.15) is 5.56 Å². The van der Waals surface area contributed by atoms with Gasteiger partial charge in [-0.05, 0) is 24.1 Å². The van der Waals surface area contributed by atoms with Crippen molar-refractivity contribution in [2.24, 2.45) is 0 Å². The number of benzene rings is 2. The van der Waals surface area contributed by atoms with Gasteiger partial charge >= 0.3 is 5.97 Å². The first kappa shape index (κ1) is 20.9. The fraction of sp³-hybridized carbons (Fsp3) is 0.188. The molecule has 0 spiro atoms. The molecule has 0 bridgehead atoms. The van der Waals surface area contributed by atoms with Crippen molar-refractivity contribution < 1.29 is 27.8 Å². The Morgan fingerprint density at radius 1 is 1.00 bits per heavy atom. The van der Waals surface area contributed by atoms with E-state index in [1.807, 2.05) is 0 Å². The predicted octanol–water partition coefficient (Wildman–Crippen LogP) is 1.57. The number of hydrogen-bond acceptors (Lipinski definition) is 8. The van der Waals surface area contributed by atoms with Crippen LogP contribution in [0.4, 0.5) is 11.4 Å². The van der Waals surface area contributed by atoms with Crippen molar-refractivity contribution in [2.75, 3.05) is 7.11 Å². The second kappa shape index (κ2) is 8.54. The highest BCUT2D eigenvalue weighted by molar-refractivity contribution is 7.89. The van der Waals surface area contributed by atoms with Crippen LogP contribution in [-0.4, -0.2) is 37.4 Å². The lowest BCUT2D eigenvalue weighted by molar-refractivity contribution is -0.385. The predicted molar refractivity (Wildman–Crippen MR) is 96.0 cm³/mol. The van der Waals surface area contributed by atoms with E-state index in [0.29, 0.717) is 5.56 Å². The number of non-ortho nitro benzene ring substituents is 2. The molecule has 1 atom stereocenters. The zero-order valence-electron chi connectivity index (χ0n) is 14.5. The van der Waals surface area contributed by atoms with Crippen LogP contribution in [-0.2, 0) is 26.0 Å². The van der Waals surface area contributed by atoms with Crippen molar-refractivity contribution in [3.63, 3.8) is 0 Å². The highest BCUT2D eigenvalue weighted by atomic mass is 32.2. The maximum Gasteiger partial charge on any atom is 0.324 e. The average Bonchev–Trinajstić information content (AvgIpc) is 2.67. The van der Waals surface area contributed by atoms with Gasteiger partial charge in [0.2, 0.25) is 10.0 Å². The second-order valence-corrected chi connectivity index (χ2v) is 7.29. The van der Waals surface area contributed by atoms with E-state index >= 15 is 0 Å². The first-order valence-electron chi connectivity index (χ1n) is 7.72. The van der Waals surface area contributed by atoms with Crippen molar-refractivity contribution in [3.8, 4) is 0 Å². The Morgan fingerprint density at radius 3 is 1.89 bits per heavy atom. The van der Waals surface area contributed by atoms with Crippen LogP contribution in [0.15, 0.2) is 53.4 Å². The van der Waals surface area contributed by atoms with Crippen LogP contribution >= 0.6 is 0 Å². The van der Waals surface area contributed by atoms with E-state index in [0.717, 1.165) is 31.4 Å². The topological polar surface area (TPSA) is 159 Å². The maximum atomic E-state index is 12.5. The number of nitro groups is 2. The fourth-order valence-corrected chi connectivity index (χ4v) is 3.49. The summed E-state index contributed by atoms with van der Waals surface area (Å²) in [5, 5.41) is 21.4. The normalized spacial score (nSPS) is 12.2. The summed E-state index contributed by atoms with van der Waals surface area (Å²) in [5.74, 6) is -0.858. The molecule has 0 amide bonds. The summed E-state index contributed by atoms with van der Waals surface area (Å²) in [6.45, 7) is 0. The average molecular weight is 409 g/mol. The van der Waals surface area contributed by atoms with Gasteiger partial charge in [-0.2, -0.15) is 4.72 Å². The van der Waals surface area contributed by atoms with Gasteiger partial charge in [-0.15, -0.1) is 0 Å². The molecule has 1 N–H and O–H groups in total. The quantitative estimate of drug-likeness (QED) is 0.391. The number of nitrogens with one attached hydrogen (secondary N) is 1. The van der Waals surface area contributed by atoms with Gasteiger partial charge in [-0.1, -0.05) is 12.1 Å². The van der Waals surface area contributed by atoms with Crippen molar-refractivity contribution >= 4 is 27.4 Å². The van der Waals surface area contributed by atoms with E-state index in [1.165, 1.54) is 24.3 Å². The SMILES string of the molecule is COC(=O)[C@@H](Cc1ccc([N+](=O)[O-])cc1)NS(=O)(=O)c1ccc([N+](=O)[O-])cc1. The van der Waals surface area contributed by atoms with Crippen LogP contribution in [0, 0.1) is 20.2 Å². The molecular weight excluding hydrogens is 394 g/mol. The molecular formula is C16H15N3O8S. The number of esters is 1. The number of carbonyl (C=O) groups is 1. The molecule has 2 aromatic rings. The molecule has 0 saturated carbocycles. The van der Waals surface area contributed by atoms with Gasteiger partial charge in [-0.25, -0.2) is 8.42 Å². The van der Waals surface area contributed by atoms with E-state index in [1.54, 1.807) is 0 Å². The first-order valence-corrected chi connectivity index (χ1v) is 9.20. The molecule has 0 fully saturated rings. The van der Waals surface area contributed by atoms with Crippen molar-refractivity contribution in [3.05, 3.63) is 74.3 Å². The largest absolute Gasteiger partial charge is 0.468 e. The summed E-state index contributed by atoms with van der Waals surface area (Å²) in [7, 11) is -3.09. The summed E-state index contributed by atoms with van der Waals surface area (Å²) < 4.78 is 31.8. The Morgan fingerprint density at radius 2 is 1.46 bits per heavy atom. The minimum absolute atomic E-state index is 0.114. The lowest BCUT2D eigenvalue weighted by Gasteiger charge is -2.16. The number of carbonyl (C=O) groups excluding carboxylic acids is 1. The third-order valence-electron chi connectivity index (χ3n) is 3.73. The third-order valence-corrected chi connectivity index (χ3v) is 5.22. The Kier molecular flexibility index (Phi) is 6.38. The molecule has 0 saturated heterocycles. The molecule has 0 radical (unpaired) electrons. The number of nitro benzene ring substituents is 2. The summed E-state index contributed by atoms with van der Waals surface area (Å²) in [6.07, 6.45) is -0.114. The zero-order chi connectivity index (χ0) is 20.9. The van der Waals surface area contributed by atoms with Crippen LogP contribution in [0.2, 0.25) is 0 Å². The summed E-state index contributed by atoms with van der Waals surface area (Å²) >= 11 is 0. The lowest BCUT2D eigenvalue weighted by atomic mass is 10.1. The number of rotatable bonds is 8. The van der Waals surface area contributed by atoms with Gasteiger partial charge < -0.3 is 4.74 Å². The molecule has 0 aliphatic heterocycles. The monoisotopic (exact) mass is 409 g/mol. The standard InChI is InChI=1S/C16H15N3O8S/c1-27-16(20)15(10-11-2-4-12(5-3-11)18(21)22)17-28(25,26)14-8-6-13(7-9-14)19(23)24/h2-9,15,17H,10H2,1H3/t15-/m1/s1. The molecule has 0 heterocycles. The van der Waals surface area contributed by atoms with Gasteiger partial charge in [0.05, 0.1) is 21.9 Å². The van der Waals surface area contributed by atoms with Gasteiger partial charge in [0.15, 0.2) is 0 Å². The van der Waals surface area contributed by atoms with Crippen LogP contribution in [0.5, 0.6) is 0 Å². The Bertz CT molecular complexity index is 988. The molecule has 12 heteroatoms. The van der Waals surface area contributed by atoms with Gasteiger partial charge in [0, 0.05) is 24.3 Å². The molecule has 148 valence electrons. The lowest BCUT2D eigenvalue weighted by Crippen LogP contribution is -2.42. The second-order valence-electron chi connectivity index (χ2n) is 5.58. The number of sulfonamides is 1. The van der Waals surface area contributed by atoms with E-state index in [9.17, 15) is 33.4 Å². The fourth-order valence-electron chi connectivity index (χ4n) is 2.31. The minimum atomic E-state index is -4.18. The summed E-state index contributed by atoms with van der Waals surface area (Å²) in [4.78, 5) is 31.8. The molecule has 0 aliphatic carbocycles. The molecule has 11 nitrogen and oxygen atoms in total. The van der Waals surface area contributed by atoms with Crippen LogP contribution in [0.25, 0.3) is 0 Å². The number of nitrogens with zero attached hydrogens (tertiary/aromatic N) is 2. The summed E-state index contributed by atoms with van der Waals surface area (Å²) in [6, 6.07) is 8.09. The van der Waals surface area contributed by atoms with Gasteiger partial charge in [0.25, 0.3) is 11.4 Å². The van der Waals surface area contributed by atoms with Gasteiger partial charge in [-0.3, -0.25) is 25.0 Å². The molecule has 2 aromatic carbocycles. The zero-order valence-corrected chi connectivity index (χ0v) is 15.3. The summed E-state index contributed by atoms with van der Waals surface area (Å²) in [5.41, 5.74) is 0.0339. The number of methoxy groups -OCH3 is 1. The first-order chi connectivity index (χ1) is 13.1. The highest BCUT2D eigenvalue weighted by Crippen LogP contribution is 2.18. The van der Waals surface area contributed by atoms with Crippen LogP contribution < -0.4 is 4.72 Å². The molecule has 0 aromatic heterocycles. The minimum Gasteiger partial charge on any atom is -0.468 e. The van der Waals surface area contributed by atoms with E-state index in [-0.39, 0.29) is 22.7 Å². The van der Waals surface area contributed by atoms with Crippen molar-refractivity contribution in [1.29, 1.82) is 0 Å². The molecule has 0 aliphatic rings. The van der Waals surface area contributed by atoms with E-state index in [2.05, 4.69) is 9.46 Å². The number of ether oxygens (including phenoxy) is 1. The molecule has 0 unspecified atom stereocenters. The van der Waals surface area contributed by atoms with Crippen molar-refractivity contribution in [1.82, 2.24) is 4.72 Å². The third kappa shape index (κ3) is 5.08. The van der Waals surface area contributed by atoms with Crippen LogP contribution in [0.3, 0.4) is 0 Å². The van der Waals surface area contributed by atoms with Crippen molar-refractivity contribution in [2.45, 2.75) is 17.4 Å². The van der Waals surface area contributed by atoms with E-state index in [4.69, 9.17) is 0 Å². The molecule has 2 rings (SSSR count). The maximum absolute atomic E-state index is 12.5.